The van der Waals surface area contributed by atoms with Crippen LogP contribution in [0.5, 0.6) is 0 Å². The fourth-order valence-corrected chi connectivity index (χ4v) is 7.21. The van der Waals surface area contributed by atoms with Gasteiger partial charge in [0.1, 0.15) is 5.72 Å². The van der Waals surface area contributed by atoms with Crippen LogP contribution in [0.1, 0.15) is 18.1 Å². The number of sulfonamides is 1. The van der Waals surface area contributed by atoms with Crippen LogP contribution in [0.3, 0.4) is 0 Å². The van der Waals surface area contributed by atoms with Crippen molar-refractivity contribution in [1.82, 2.24) is 4.31 Å². The summed E-state index contributed by atoms with van der Waals surface area (Å²) in [5.74, 6) is 0.667. The van der Waals surface area contributed by atoms with E-state index < -0.39 is 15.7 Å². The van der Waals surface area contributed by atoms with Gasteiger partial charge in [-0.3, -0.25) is 0 Å². The molecule has 2 heterocycles. The maximum absolute atomic E-state index is 13.4. The molecule has 2 aromatic rings. The molecule has 2 saturated heterocycles. The second kappa shape index (κ2) is 5.10. The Kier molecular flexibility index (Phi) is 3.29. The zero-order valence-corrected chi connectivity index (χ0v) is 16.2. The molecule has 3 fully saturated rings. The average Bonchev–Trinajstić information content (AvgIpc) is 3.10. The molecule has 0 bridgehead atoms. The highest BCUT2D eigenvalue weighted by molar-refractivity contribution is 7.89. The molecule has 26 heavy (non-hydrogen) atoms. The van der Waals surface area contributed by atoms with Gasteiger partial charge in [-0.05, 0) is 49.6 Å². The van der Waals surface area contributed by atoms with Crippen LogP contribution in [0.4, 0.5) is 0 Å². The first-order chi connectivity index (χ1) is 12.3. The minimum Gasteiger partial charge on any atom is -0.358 e. The van der Waals surface area contributed by atoms with E-state index in [0.29, 0.717) is 34.9 Å². The van der Waals surface area contributed by atoms with Crippen molar-refractivity contribution in [1.29, 1.82) is 0 Å². The molecule has 0 N–H and O–H groups in total. The SMILES string of the molecule is Cc1ccc(S(=O)(=O)N2CC3C4COC2(C)C43c2ccc(Cl)cc2)cc1. The van der Waals surface area contributed by atoms with Gasteiger partial charge in [-0.15, -0.1) is 0 Å². The highest BCUT2D eigenvalue weighted by Crippen LogP contribution is 2.76. The highest BCUT2D eigenvalue weighted by atomic mass is 35.5. The molecule has 0 radical (unpaired) electrons. The van der Waals surface area contributed by atoms with Crippen LogP contribution in [-0.2, 0) is 20.2 Å². The van der Waals surface area contributed by atoms with E-state index in [9.17, 15) is 8.42 Å². The number of hydrogen-bond acceptors (Lipinski definition) is 3. The van der Waals surface area contributed by atoms with Gasteiger partial charge in [-0.2, -0.15) is 4.31 Å². The summed E-state index contributed by atoms with van der Waals surface area (Å²) >= 11 is 6.06. The minimum atomic E-state index is -3.62. The Morgan fingerprint density at radius 3 is 2.38 bits per heavy atom. The molecule has 4 nitrogen and oxygen atoms in total. The predicted molar refractivity (Wildman–Crippen MR) is 99.5 cm³/mol. The van der Waals surface area contributed by atoms with Gasteiger partial charge in [-0.25, -0.2) is 8.42 Å². The molecule has 4 atom stereocenters. The normalized spacial score (nSPS) is 35.5. The first kappa shape index (κ1) is 16.8. The first-order valence-corrected chi connectivity index (χ1v) is 10.6. The van der Waals surface area contributed by atoms with Crippen LogP contribution >= 0.6 is 11.6 Å². The topological polar surface area (TPSA) is 46.6 Å². The molecule has 1 saturated carbocycles. The number of ether oxygens (including phenoxy) is 1. The van der Waals surface area contributed by atoms with E-state index in [0.717, 1.165) is 11.1 Å². The van der Waals surface area contributed by atoms with Crippen molar-refractivity contribution in [3.63, 3.8) is 0 Å². The first-order valence-electron chi connectivity index (χ1n) is 8.81. The number of fused-ring (bicyclic) bond motifs is 1. The van der Waals surface area contributed by atoms with Crippen molar-refractivity contribution in [2.75, 3.05) is 13.2 Å². The molecule has 136 valence electrons. The smallest absolute Gasteiger partial charge is 0.245 e. The van der Waals surface area contributed by atoms with E-state index in [2.05, 4.69) is 0 Å². The Balaban J connectivity index is 1.60. The molecule has 2 aromatic carbocycles. The van der Waals surface area contributed by atoms with Crippen molar-refractivity contribution in [2.24, 2.45) is 11.8 Å². The summed E-state index contributed by atoms with van der Waals surface area (Å²) in [5, 5.41) is 0.683. The third-order valence-corrected chi connectivity index (χ3v) is 8.82. The van der Waals surface area contributed by atoms with Crippen molar-refractivity contribution in [3.05, 3.63) is 64.7 Å². The lowest BCUT2D eigenvalue weighted by Crippen LogP contribution is -2.52. The second-order valence-electron chi connectivity index (χ2n) is 7.73. The summed E-state index contributed by atoms with van der Waals surface area (Å²) in [6, 6.07) is 14.8. The summed E-state index contributed by atoms with van der Waals surface area (Å²) in [6.07, 6.45) is 0. The number of rotatable bonds is 3. The van der Waals surface area contributed by atoms with Crippen LogP contribution < -0.4 is 0 Å². The molecule has 5 rings (SSSR count). The third kappa shape index (κ3) is 1.84. The van der Waals surface area contributed by atoms with Gasteiger partial charge in [0.05, 0.1) is 11.5 Å². The van der Waals surface area contributed by atoms with Crippen molar-refractivity contribution in [2.45, 2.75) is 29.9 Å². The molecule has 4 unspecified atom stereocenters. The average molecular weight is 390 g/mol. The van der Waals surface area contributed by atoms with E-state index in [-0.39, 0.29) is 5.41 Å². The Labute approximate surface area is 158 Å². The summed E-state index contributed by atoms with van der Waals surface area (Å²) in [5.41, 5.74) is 1.03. The minimum absolute atomic E-state index is 0.268. The van der Waals surface area contributed by atoms with Gasteiger partial charge in [0.15, 0.2) is 0 Å². The van der Waals surface area contributed by atoms with E-state index in [1.54, 1.807) is 16.4 Å². The van der Waals surface area contributed by atoms with Gasteiger partial charge in [0.2, 0.25) is 10.0 Å². The summed E-state index contributed by atoms with van der Waals surface area (Å²) in [7, 11) is -3.62. The third-order valence-electron chi connectivity index (χ3n) is 6.63. The Morgan fingerprint density at radius 1 is 1.08 bits per heavy atom. The van der Waals surface area contributed by atoms with E-state index >= 15 is 0 Å². The molecule has 2 aliphatic heterocycles. The number of benzene rings is 2. The monoisotopic (exact) mass is 389 g/mol. The molecule has 1 aliphatic carbocycles. The van der Waals surface area contributed by atoms with Gasteiger partial charge < -0.3 is 4.74 Å². The number of hydrogen-bond donors (Lipinski definition) is 0. The molecule has 0 amide bonds. The lowest BCUT2D eigenvalue weighted by atomic mass is 9.85. The molecule has 6 heteroatoms. The standard InChI is InChI=1S/C20H20ClNO3S/c1-13-3-9-16(10-4-13)26(23,24)22-11-17-18-12-25-19(22,2)20(17,18)14-5-7-15(21)8-6-14/h3-10,17-18H,11-12H2,1-2H3. The fraction of sp³-hybridized carbons (Fsp3) is 0.400. The Morgan fingerprint density at radius 2 is 1.73 bits per heavy atom. The molecule has 0 aromatic heterocycles. The lowest BCUT2D eigenvalue weighted by molar-refractivity contribution is -0.0716. The van der Waals surface area contributed by atoms with Crippen LogP contribution in [0.15, 0.2) is 53.4 Å². The maximum atomic E-state index is 13.4. The Bertz CT molecular complexity index is 989. The van der Waals surface area contributed by atoms with Crippen molar-refractivity contribution < 1.29 is 13.2 Å². The van der Waals surface area contributed by atoms with Crippen molar-refractivity contribution in [3.8, 4) is 0 Å². The highest BCUT2D eigenvalue weighted by Gasteiger charge is 2.85. The molecule has 0 spiro atoms. The second-order valence-corrected chi connectivity index (χ2v) is 10.0. The van der Waals surface area contributed by atoms with E-state index in [4.69, 9.17) is 16.3 Å². The van der Waals surface area contributed by atoms with Crippen LogP contribution in [0.2, 0.25) is 5.02 Å². The van der Waals surface area contributed by atoms with Gasteiger partial charge in [0, 0.05) is 22.9 Å². The van der Waals surface area contributed by atoms with Crippen molar-refractivity contribution >= 4 is 21.6 Å². The van der Waals surface area contributed by atoms with Gasteiger partial charge in [-0.1, -0.05) is 41.4 Å². The molecular formula is C20H20ClNO3S. The van der Waals surface area contributed by atoms with Crippen LogP contribution in [0, 0.1) is 18.8 Å². The Hall–Kier alpha value is -1.40. The van der Waals surface area contributed by atoms with Crippen LogP contribution in [-0.4, -0.2) is 31.6 Å². The van der Waals surface area contributed by atoms with Gasteiger partial charge in [0.25, 0.3) is 0 Å². The maximum Gasteiger partial charge on any atom is 0.245 e. The molecular weight excluding hydrogens is 370 g/mol. The van der Waals surface area contributed by atoms with E-state index in [1.807, 2.05) is 50.2 Å². The zero-order chi connectivity index (χ0) is 18.3. The van der Waals surface area contributed by atoms with Crippen LogP contribution in [0.25, 0.3) is 0 Å². The zero-order valence-electron chi connectivity index (χ0n) is 14.6. The fourth-order valence-electron chi connectivity index (χ4n) is 5.33. The summed E-state index contributed by atoms with van der Waals surface area (Å²) in [6.45, 7) is 4.98. The number of nitrogens with zero attached hydrogens (tertiary/aromatic N) is 1. The van der Waals surface area contributed by atoms with E-state index in [1.165, 1.54) is 0 Å². The largest absolute Gasteiger partial charge is 0.358 e. The van der Waals surface area contributed by atoms with Gasteiger partial charge >= 0.3 is 0 Å². The summed E-state index contributed by atoms with van der Waals surface area (Å²) < 4.78 is 34.4. The molecule has 3 aliphatic rings. The summed E-state index contributed by atoms with van der Waals surface area (Å²) in [4.78, 5) is 0.323. The predicted octanol–water partition coefficient (Wildman–Crippen LogP) is 3.58. The number of aryl methyl sites for hydroxylation is 1. The quantitative estimate of drug-likeness (QED) is 0.806. The number of halogens is 1. The number of piperidine rings is 1. The lowest BCUT2D eigenvalue weighted by Gasteiger charge is -2.38.